The molecule has 1 saturated heterocycles. The first kappa shape index (κ1) is 15.6. The van der Waals surface area contributed by atoms with Crippen molar-refractivity contribution < 1.29 is 4.79 Å². The minimum atomic E-state index is 0.0140. The van der Waals surface area contributed by atoms with Crippen molar-refractivity contribution in [3.05, 3.63) is 46.8 Å². The molecule has 2 aromatic heterocycles. The monoisotopic (exact) mass is 344 g/mol. The van der Waals surface area contributed by atoms with E-state index in [9.17, 15) is 4.79 Å². The van der Waals surface area contributed by atoms with E-state index in [0.717, 1.165) is 44.7 Å². The summed E-state index contributed by atoms with van der Waals surface area (Å²) >= 11 is 5.97. The van der Waals surface area contributed by atoms with Crippen LogP contribution < -0.4 is 0 Å². The molecule has 4 rings (SSSR count). The van der Waals surface area contributed by atoms with Gasteiger partial charge >= 0.3 is 0 Å². The van der Waals surface area contributed by atoms with Gasteiger partial charge in [0.1, 0.15) is 5.82 Å². The number of hydrogen-bond donors (Lipinski definition) is 0. The van der Waals surface area contributed by atoms with Crippen molar-refractivity contribution in [3.8, 4) is 0 Å². The van der Waals surface area contributed by atoms with Crippen molar-refractivity contribution in [2.45, 2.75) is 44.6 Å². The molecule has 1 fully saturated rings. The number of pyridine rings is 1. The number of fused-ring (bicyclic) bond motifs is 1. The molecular formula is C18H21ClN4O. The van der Waals surface area contributed by atoms with Crippen molar-refractivity contribution in [2.75, 3.05) is 13.1 Å². The fourth-order valence-corrected chi connectivity index (χ4v) is 4.04. The molecule has 5 nitrogen and oxygen atoms in total. The Kier molecular flexibility index (Phi) is 4.27. The molecule has 0 saturated carbocycles. The van der Waals surface area contributed by atoms with Gasteiger partial charge in [0.15, 0.2) is 0 Å². The van der Waals surface area contributed by atoms with Crippen LogP contribution in [-0.2, 0) is 13.0 Å². The van der Waals surface area contributed by atoms with Crippen LogP contribution in [0.5, 0.6) is 0 Å². The van der Waals surface area contributed by atoms with Gasteiger partial charge < -0.3 is 9.47 Å². The molecule has 126 valence electrons. The molecule has 1 atom stereocenters. The lowest BCUT2D eigenvalue weighted by Gasteiger charge is -2.33. The van der Waals surface area contributed by atoms with Crippen molar-refractivity contribution in [1.82, 2.24) is 19.4 Å². The lowest BCUT2D eigenvalue weighted by Crippen LogP contribution is -2.40. The summed E-state index contributed by atoms with van der Waals surface area (Å²) in [7, 11) is 0. The second-order valence-electron chi connectivity index (χ2n) is 6.70. The Morgan fingerprint density at radius 1 is 1.17 bits per heavy atom. The highest BCUT2D eigenvalue weighted by atomic mass is 35.5. The van der Waals surface area contributed by atoms with Crippen molar-refractivity contribution >= 4 is 17.5 Å². The zero-order valence-corrected chi connectivity index (χ0v) is 14.4. The van der Waals surface area contributed by atoms with E-state index in [1.807, 2.05) is 11.1 Å². The number of likely N-dealkylation sites (tertiary alicyclic amines) is 1. The smallest absolute Gasteiger partial charge is 0.255 e. The largest absolute Gasteiger partial charge is 0.338 e. The Balaban J connectivity index is 1.54. The summed E-state index contributed by atoms with van der Waals surface area (Å²) in [6, 6.07) is 1.69. The van der Waals surface area contributed by atoms with Gasteiger partial charge in [-0.3, -0.25) is 9.78 Å². The highest BCUT2D eigenvalue weighted by molar-refractivity contribution is 6.30. The van der Waals surface area contributed by atoms with Crippen molar-refractivity contribution in [1.29, 1.82) is 0 Å². The Morgan fingerprint density at radius 3 is 2.96 bits per heavy atom. The molecular weight excluding hydrogens is 324 g/mol. The number of carbonyl (C=O) groups is 1. The van der Waals surface area contributed by atoms with Gasteiger partial charge in [-0.05, 0) is 38.2 Å². The molecule has 1 amide bonds. The van der Waals surface area contributed by atoms with Crippen LogP contribution in [0.2, 0.25) is 5.02 Å². The van der Waals surface area contributed by atoms with Crippen LogP contribution in [0.25, 0.3) is 0 Å². The highest BCUT2D eigenvalue weighted by Crippen LogP contribution is 2.29. The number of rotatable bonds is 2. The van der Waals surface area contributed by atoms with E-state index in [4.69, 9.17) is 16.6 Å². The average molecular weight is 345 g/mol. The number of imidazole rings is 1. The molecule has 0 bridgehead atoms. The Hall–Kier alpha value is -1.88. The van der Waals surface area contributed by atoms with Crippen molar-refractivity contribution in [2.24, 2.45) is 0 Å². The fourth-order valence-electron chi connectivity index (χ4n) is 3.87. The van der Waals surface area contributed by atoms with E-state index in [0.29, 0.717) is 16.5 Å². The van der Waals surface area contributed by atoms with Gasteiger partial charge in [0.05, 0.1) is 10.6 Å². The summed E-state index contributed by atoms with van der Waals surface area (Å²) in [4.78, 5) is 23.4. The second kappa shape index (κ2) is 6.55. The van der Waals surface area contributed by atoms with Gasteiger partial charge in [0.2, 0.25) is 0 Å². The Bertz CT molecular complexity index is 757. The minimum absolute atomic E-state index is 0.0140. The van der Waals surface area contributed by atoms with E-state index < -0.39 is 0 Å². The van der Waals surface area contributed by atoms with Gasteiger partial charge in [-0.1, -0.05) is 11.6 Å². The third-order valence-corrected chi connectivity index (χ3v) is 5.27. The van der Waals surface area contributed by atoms with E-state index in [-0.39, 0.29) is 5.91 Å². The predicted molar refractivity (Wildman–Crippen MR) is 92.3 cm³/mol. The number of piperidine rings is 1. The first-order valence-corrected chi connectivity index (χ1v) is 9.04. The SMILES string of the molecule is O=C(c1cncc(Cl)c1)N1CCC[C@H](c2ncc3n2CCCC3)C1. The number of nitrogens with zero attached hydrogens (tertiary/aromatic N) is 4. The van der Waals surface area contributed by atoms with Crippen LogP contribution in [0.1, 0.15) is 53.5 Å². The summed E-state index contributed by atoms with van der Waals surface area (Å²) in [6.07, 6.45) is 10.9. The maximum atomic E-state index is 12.8. The van der Waals surface area contributed by atoms with Crippen LogP contribution in [0.3, 0.4) is 0 Å². The average Bonchev–Trinajstić information content (AvgIpc) is 3.05. The molecule has 2 aliphatic heterocycles. The number of aryl methyl sites for hydroxylation is 1. The van der Waals surface area contributed by atoms with Crippen molar-refractivity contribution in [3.63, 3.8) is 0 Å². The van der Waals surface area contributed by atoms with E-state index in [1.54, 1.807) is 18.5 Å². The Labute approximate surface area is 146 Å². The first-order valence-electron chi connectivity index (χ1n) is 8.66. The zero-order valence-electron chi connectivity index (χ0n) is 13.6. The van der Waals surface area contributed by atoms with Gasteiger partial charge in [-0.15, -0.1) is 0 Å². The summed E-state index contributed by atoms with van der Waals surface area (Å²) in [5.74, 6) is 1.49. The molecule has 0 radical (unpaired) electrons. The lowest BCUT2D eigenvalue weighted by molar-refractivity contribution is 0.0702. The van der Waals surface area contributed by atoms with E-state index in [1.165, 1.54) is 18.5 Å². The third-order valence-electron chi connectivity index (χ3n) is 5.06. The maximum Gasteiger partial charge on any atom is 0.255 e. The predicted octanol–water partition coefficient (Wildman–Crippen LogP) is 3.29. The fraction of sp³-hybridized carbons (Fsp3) is 0.500. The first-order chi connectivity index (χ1) is 11.7. The normalized spacial score (nSPS) is 20.7. The maximum absolute atomic E-state index is 12.8. The highest BCUT2D eigenvalue weighted by Gasteiger charge is 2.29. The molecule has 2 aliphatic rings. The third kappa shape index (κ3) is 2.93. The molecule has 6 heteroatoms. The number of amides is 1. The van der Waals surface area contributed by atoms with Crippen LogP contribution in [0, 0.1) is 0 Å². The summed E-state index contributed by atoms with van der Waals surface area (Å²) in [5, 5.41) is 0.497. The molecule has 24 heavy (non-hydrogen) atoms. The summed E-state index contributed by atoms with van der Waals surface area (Å²) < 4.78 is 2.38. The number of halogens is 1. The molecule has 0 N–H and O–H groups in total. The van der Waals surface area contributed by atoms with E-state index in [2.05, 4.69) is 9.55 Å². The summed E-state index contributed by atoms with van der Waals surface area (Å²) in [6.45, 7) is 2.57. The molecule has 0 aliphatic carbocycles. The standard InChI is InChI=1S/C18H21ClN4O/c19-15-8-14(9-20-10-15)18(24)22-6-3-4-13(12-22)17-21-11-16-5-1-2-7-23(16)17/h8-11,13H,1-7,12H2/t13-/m0/s1. The molecule has 4 heterocycles. The number of aromatic nitrogens is 3. The quantitative estimate of drug-likeness (QED) is 0.840. The van der Waals surface area contributed by atoms with Gasteiger partial charge in [0, 0.05) is 49.8 Å². The Morgan fingerprint density at radius 2 is 2.08 bits per heavy atom. The topological polar surface area (TPSA) is 51.0 Å². The molecule has 2 aromatic rings. The second-order valence-corrected chi connectivity index (χ2v) is 7.14. The van der Waals surface area contributed by atoms with Gasteiger partial charge in [-0.25, -0.2) is 4.98 Å². The molecule has 0 aromatic carbocycles. The van der Waals surface area contributed by atoms with E-state index >= 15 is 0 Å². The van der Waals surface area contributed by atoms with Crippen LogP contribution in [0.15, 0.2) is 24.7 Å². The van der Waals surface area contributed by atoms with Crippen LogP contribution >= 0.6 is 11.6 Å². The molecule has 0 spiro atoms. The summed E-state index contributed by atoms with van der Waals surface area (Å²) in [5.41, 5.74) is 1.91. The van der Waals surface area contributed by atoms with Crippen LogP contribution in [-0.4, -0.2) is 38.4 Å². The zero-order chi connectivity index (χ0) is 16.5. The molecule has 0 unspecified atom stereocenters. The van der Waals surface area contributed by atoms with Crippen LogP contribution in [0.4, 0.5) is 0 Å². The number of carbonyl (C=O) groups excluding carboxylic acids is 1. The number of hydrogen-bond acceptors (Lipinski definition) is 3. The lowest BCUT2D eigenvalue weighted by atomic mass is 9.96. The van der Waals surface area contributed by atoms with Gasteiger partial charge in [0.25, 0.3) is 5.91 Å². The van der Waals surface area contributed by atoms with Gasteiger partial charge in [-0.2, -0.15) is 0 Å². The minimum Gasteiger partial charge on any atom is -0.338 e.